The Morgan fingerprint density at radius 3 is 2.27 bits per heavy atom. The first-order chi connectivity index (χ1) is 15.7. The third-order valence-electron chi connectivity index (χ3n) is 5.80. The van der Waals surface area contributed by atoms with Crippen LogP contribution in [0.3, 0.4) is 0 Å². The molecule has 0 aliphatic carbocycles. The van der Waals surface area contributed by atoms with Crippen molar-refractivity contribution >= 4 is 11.8 Å². The maximum absolute atomic E-state index is 12.7. The number of benzene rings is 2. The molecule has 1 aliphatic rings. The average Bonchev–Trinajstić information content (AvgIpc) is 2.83. The molecule has 178 valence electrons. The first kappa shape index (κ1) is 24.4. The number of ether oxygens (including phenoxy) is 2. The van der Waals surface area contributed by atoms with Gasteiger partial charge in [-0.05, 0) is 55.2 Å². The Morgan fingerprint density at radius 2 is 1.70 bits per heavy atom. The van der Waals surface area contributed by atoms with E-state index in [2.05, 4.69) is 5.32 Å². The lowest BCUT2D eigenvalue weighted by Gasteiger charge is -2.31. The molecule has 0 radical (unpaired) electrons. The lowest BCUT2D eigenvalue weighted by Crippen LogP contribution is -2.43. The van der Waals surface area contributed by atoms with E-state index in [0.717, 1.165) is 17.7 Å². The van der Waals surface area contributed by atoms with Gasteiger partial charge in [0, 0.05) is 37.2 Å². The second-order valence-electron chi connectivity index (χ2n) is 7.86. The molecular formula is C24H27F3N2O4. The van der Waals surface area contributed by atoms with E-state index in [1.165, 1.54) is 12.1 Å². The first-order valence-corrected chi connectivity index (χ1v) is 10.7. The summed E-state index contributed by atoms with van der Waals surface area (Å²) in [5, 5.41) is 2.94. The largest absolute Gasteiger partial charge is 0.497 e. The summed E-state index contributed by atoms with van der Waals surface area (Å²) in [6.45, 7) is 1.21. The van der Waals surface area contributed by atoms with Crippen LogP contribution in [0.1, 0.15) is 34.3 Å². The molecule has 1 saturated heterocycles. The number of methoxy groups -OCH3 is 2. The van der Waals surface area contributed by atoms with Crippen LogP contribution in [0.15, 0.2) is 42.5 Å². The Labute approximate surface area is 190 Å². The van der Waals surface area contributed by atoms with Gasteiger partial charge >= 0.3 is 6.18 Å². The molecule has 0 spiro atoms. The van der Waals surface area contributed by atoms with Gasteiger partial charge in [0.1, 0.15) is 11.5 Å². The molecule has 0 aromatic heterocycles. The maximum Gasteiger partial charge on any atom is 0.416 e. The van der Waals surface area contributed by atoms with Crippen LogP contribution in [-0.2, 0) is 17.4 Å². The molecule has 0 saturated carbocycles. The van der Waals surface area contributed by atoms with Gasteiger partial charge in [0.15, 0.2) is 0 Å². The highest BCUT2D eigenvalue weighted by Crippen LogP contribution is 2.29. The lowest BCUT2D eigenvalue weighted by molar-refractivity contribution is -0.137. The summed E-state index contributed by atoms with van der Waals surface area (Å²) in [7, 11) is 3.16. The molecule has 33 heavy (non-hydrogen) atoms. The minimum Gasteiger partial charge on any atom is -0.497 e. The highest BCUT2D eigenvalue weighted by molar-refractivity contribution is 5.94. The number of carbonyl (C=O) groups excluding carboxylic acids is 2. The monoisotopic (exact) mass is 464 g/mol. The maximum atomic E-state index is 12.7. The number of piperidine rings is 1. The van der Waals surface area contributed by atoms with E-state index in [4.69, 9.17) is 9.47 Å². The van der Waals surface area contributed by atoms with Crippen molar-refractivity contribution in [3.05, 3.63) is 59.2 Å². The van der Waals surface area contributed by atoms with Gasteiger partial charge in [-0.3, -0.25) is 9.59 Å². The quantitative estimate of drug-likeness (QED) is 0.674. The number of hydrogen-bond acceptors (Lipinski definition) is 4. The van der Waals surface area contributed by atoms with Gasteiger partial charge < -0.3 is 19.7 Å². The number of likely N-dealkylation sites (tertiary alicyclic amines) is 1. The van der Waals surface area contributed by atoms with Crippen LogP contribution >= 0.6 is 0 Å². The topological polar surface area (TPSA) is 67.9 Å². The van der Waals surface area contributed by atoms with Crippen LogP contribution < -0.4 is 14.8 Å². The smallest absolute Gasteiger partial charge is 0.416 e. The molecule has 9 heteroatoms. The van der Waals surface area contributed by atoms with E-state index in [9.17, 15) is 22.8 Å². The summed E-state index contributed by atoms with van der Waals surface area (Å²) >= 11 is 0. The third kappa shape index (κ3) is 6.18. The standard InChI is InChI=1S/C24H27F3N2O4/c1-32-20-8-5-16(21(15-20)33-2)9-12-28-22(30)17-10-13-29(14-11-17)23(31)18-3-6-19(7-4-18)24(25,26)27/h3-8,15,17H,9-14H2,1-2H3,(H,28,30). The normalized spacial score (nSPS) is 14.6. The van der Waals surface area contributed by atoms with Crippen LogP contribution in [0.4, 0.5) is 13.2 Å². The number of hydrogen-bond donors (Lipinski definition) is 1. The molecule has 1 fully saturated rings. The summed E-state index contributed by atoms with van der Waals surface area (Å²) < 4.78 is 48.7. The molecule has 1 aliphatic heterocycles. The first-order valence-electron chi connectivity index (χ1n) is 10.7. The zero-order chi connectivity index (χ0) is 24.0. The molecule has 2 aromatic rings. The fourth-order valence-electron chi connectivity index (χ4n) is 3.85. The second-order valence-corrected chi connectivity index (χ2v) is 7.86. The SMILES string of the molecule is COc1ccc(CCNC(=O)C2CCN(C(=O)c3ccc(C(F)(F)F)cc3)CC2)c(OC)c1. The predicted molar refractivity (Wildman–Crippen MR) is 116 cm³/mol. The Kier molecular flexibility index (Phi) is 7.84. The van der Waals surface area contributed by atoms with E-state index in [1.807, 2.05) is 12.1 Å². The van der Waals surface area contributed by atoms with E-state index in [-0.39, 0.29) is 23.3 Å². The summed E-state index contributed by atoms with van der Waals surface area (Å²) in [6, 6.07) is 9.73. The highest BCUT2D eigenvalue weighted by Gasteiger charge is 2.31. The minimum absolute atomic E-state index is 0.0656. The Morgan fingerprint density at radius 1 is 1.03 bits per heavy atom. The van der Waals surface area contributed by atoms with Crippen molar-refractivity contribution in [2.24, 2.45) is 5.92 Å². The number of carbonyl (C=O) groups is 2. The molecule has 0 atom stereocenters. The Hall–Kier alpha value is -3.23. The van der Waals surface area contributed by atoms with Gasteiger partial charge in [0.25, 0.3) is 5.91 Å². The van der Waals surface area contributed by atoms with Crippen molar-refractivity contribution in [3.63, 3.8) is 0 Å². The predicted octanol–water partition coefficient (Wildman–Crippen LogP) is 3.93. The van der Waals surface area contributed by atoms with Gasteiger partial charge in [-0.2, -0.15) is 13.2 Å². The van der Waals surface area contributed by atoms with Crippen LogP contribution in [0.2, 0.25) is 0 Å². The molecule has 6 nitrogen and oxygen atoms in total. The second kappa shape index (κ2) is 10.6. The van der Waals surface area contributed by atoms with Crippen molar-refractivity contribution in [3.8, 4) is 11.5 Å². The Balaban J connectivity index is 1.46. The van der Waals surface area contributed by atoms with E-state index in [0.29, 0.717) is 50.4 Å². The van der Waals surface area contributed by atoms with Gasteiger partial charge in [-0.25, -0.2) is 0 Å². The van der Waals surface area contributed by atoms with Crippen molar-refractivity contribution in [1.29, 1.82) is 0 Å². The minimum atomic E-state index is -4.44. The van der Waals surface area contributed by atoms with Gasteiger partial charge in [0.2, 0.25) is 5.91 Å². The Bertz CT molecular complexity index is 969. The number of amides is 2. The summed E-state index contributed by atoms with van der Waals surface area (Å²) in [5.41, 5.74) is 0.372. The van der Waals surface area contributed by atoms with Gasteiger partial charge in [-0.15, -0.1) is 0 Å². The molecule has 0 unspecified atom stereocenters. The van der Waals surface area contributed by atoms with Crippen LogP contribution in [-0.4, -0.2) is 50.6 Å². The zero-order valence-corrected chi connectivity index (χ0v) is 18.6. The average molecular weight is 464 g/mol. The molecule has 1 heterocycles. The summed E-state index contributed by atoms with van der Waals surface area (Å²) in [5.74, 6) is 0.786. The molecule has 3 rings (SSSR count). The van der Waals surface area contributed by atoms with E-state index in [1.54, 1.807) is 25.2 Å². The van der Waals surface area contributed by atoms with Crippen LogP contribution in [0.5, 0.6) is 11.5 Å². The van der Waals surface area contributed by atoms with Crippen LogP contribution in [0.25, 0.3) is 0 Å². The zero-order valence-electron chi connectivity index (χ0n) is 18.6. The number of alkyl halides is 3. The van der Waals surface area contributed by atoms with E-state index < -0.39 is 11.7 Å². The molecule has 2 amide bonds. The van der Waals surface area contributed by atoms with Crippen molar-refractivity contribution < 1.29 is 32.2 Å². The highest BCUT2D eigenvalue weighted by atomic mass is 19.4. The van der Waals surface area contributed by atoms with E-state index >= 15 is 0 Å². The molecule has 1 N–H and O–H groups in total. The fourth-order valence-corrected chi connectivity index (χ4v) is 3.85. The molecule has 2 aromatic carbocycles. The third-order valence-corrected chi connectivity index (χ3v) is 5.80. The number of nitrogens with one attached hydrogen (secondary N) is 1. The van der Waals surface area contributed by atoms with Crippen LogP contribution in [0, 0.1) is 5.92 Å². The van der Waals surface area contributed by atoms with Gasteiger partial charge in [0.05, 0.1) is 19.8 Å². The summed E-state index contributed by atoms with van der Waals surface area (Å²) in [4.78, 5) is 26.7. The number of nitrogens with zero attached hydrogens (tertiary/aromatic N) is 1. The number of halogens is 3. The molecular weight excluding hydrogens is 437 g/mol. The summed E-state index contributed by atoms with van der Waals surface area (Å²) in [6.07, 6.45) is -2.83. The van der Waals surface area contributed by atoms with Crippen molar-refractivity contribution in [2.45, 2.75) is 25.4 Å². The number of rotatable bonds is 7. The van der Waals surface area contributed by atoms with Crippen molar-refractivity contribution in [2.75, 3.05) is 33.9 Å². The fraction of sp³-hybridized carbons (Fsp3) is 0.417. The molecule has 0 bridgehead atoms. The lowest BCUT2D eigenvalue weighted by atomic mass is 9.95. The van der Waals surface area contributed by atoms with Gasteiger partial charge in [-0.1, -0.05) is 6.07 Å². The van der Waals surface area contributed by atoms with Crippen molar-refractivity contribution in [1.82, 2.24) is 10.2 Å².